The van der Waals surface area contributed by atoms with E-state index in [0.29, 0.717) is 28.8 Å². The number of aliphatic carboxylic acids is 1. The number of aromatic amines is 1. The van der Waals surface area contributed by atoms with Crippen LogP contribution in [-0.4, -0.2) is 42.6 Å². The Morgan fingerprint density at radius 3 is 2.42 bits per heavy atom. The fourth-order valence-electron chi connectivity index (χ4n) is 7.13. The maximum Gasteiger partial charge on any atom is 0.328 e. The smallest absolute Gasteiger partial charge is 0.328 e. The molecule has 8 heteroatoms. The van der Waals surface area contributed by atoms with E-state index in [0.717, 1.165) is 44.6 Å². The third kappa shape index (κ3) is 5.00. The van der Waals surface area contributed by atoms with Crippen LogP contribution < -0.4 is 0 Å². The van der Waals surface area contributed by atoms with E-state index in [1.807, 2.05) is 0 Å². The minimum Gasteiger partial charge on any atom is -0.478 e. The molecule has 3 fully saturated rings. The largest absolute Gasteiger partial charge is 0.478 e. The third-order valence-electron chi connectivity index (χ3n) is 8.89. The summed E-state index contributed by atoms with van der Waals surface area (Å²) in [6.07, 6.45) is 18.6. The molecule has 0 radical (unpaired) electrons. The maximum absolute atomic E-state index is 14.1. The Hall–Kier alpha value is -2.90. The molecular formula is C28H36N4O4. The molecule has 2 heterocycles. The molecule has 8 nitrogen and oxygen atoms in total. The highest BCUT2D eigenvalue weighted by molar-refractivity contribution is 6.09. The molecule has 0 aliphatic heterocycles. The predicted molar refractivity (Wildman–Crippen MR) is 134 cm³/mol. The number of carbonyl (C=O) groups excluding carboxylic acids is 2. The average Bonchev–Trinajstić information content (AvgIpc) is 3.32. The molecule has 2 N–H and O–H groups in total. The second-order valence-corrected chi connectivity index (χ2v) is 11.2. The highest BCUT2D eigenvalue weighted by Crippen LogP contribution is 2.51. The molecule has 0 amide bonds. The topological polar surface area (TPSA) is 126 Å². The Balaban J connectivity index is 1.60. The molecule has 2 aromatic rings. The molecule has 0 saturated heterocycles. The molecule has 2 aromatic heterocycles. The molecule has 0 aromatic carbocycles. The van der Waals surface area contributed by atoms with Gasteiger partial charge in [-0.25, -0.2) is 19.7 Å². The van der Waals surface area contributed by atoms with Crippen molar-refractivity contribution in [2.24, 2.45) is 23.7 Å². The van der Waals surface area contributed by atoms with Gasteiger partial charge in [-0.15, -0.1) is 0 Å². The van der Waals surface area contributed by atoms with Gasteiger partial charge in [0.25, 0.3) is 0 Å². The Labute approximate surface area is 211 Å². The van der Waals surface area contributed by atoms with Crippen molar-refractivity contribution < 1.29 is 19.5 Å². The van der Waals surface area contributed by atoms with E-state index < -0.39 is 23.2 Å². The van der Waals surface area contributed by atoms with Crippen molar-refractivity contribution in [1.29, 1.82) is 0 Å². The molecule has 5 rings (SSSR count). The summed E-state index contributed by atoms with van der Waals surface area (Å²) in [6.45, 7) is 0. The second-order valence-electron chi connectivity index (χ2n) is 11.2. The van der Waals surface area contributed by atoms with Gasteiger partial charge in [-0.1, -0.05) is 70.3 Å². The van der Waals surface area contributed by atoms with Crippen molar-refractivity contribution in [3.05, 3.63) is 30.5 Å². The normalized spacial score (nSPS) is 28.8. The number of imidazole rings is 1. The van der Waals surface area contributed by atoms with Gasteiger partial charge in [-0.2, -0.15) is 0 Å². The minimum atomic E-state index is -1.14. The van der Waals surface area contributed by atoms with E-state index >= 15 is 0 Å². The van der Waals surface area contributed by atoms with E-state index in [-0.39, 0.29) is 18.0 Å². The number of H-pyrrole nitrogens is 1. The zero-order valence-corrected chi connectivity index (χ0v) is 20.8. The Kier molecular flexibility index (Phi) is 7.30. The number of carboxylic acids is 1. The molecule has 0 spiro atoms. The number of carboxylic acid groups (broad SMARTS) is 1. The first-order chi connectivity index (χ1) is 17.5. The number of hydrogen-bond donors (Lipinski definition) is 2. The molecule has 36 heavy (non-hydrogen) atoms. The lowest BCUT2D eigenvalue weighted by atomic mass is 9.55. The number of hydrogen-bond acceptors (Lipinski definition) is 6. The van der Waals surface area contributed by atoms with Gasteiger partial charge in [0, 0.05) is 23.8 Å². The molecule has 3 unspecified atom stereocenters. The number of carbonyl (C=O) groups is 3. The van der Waals surface area contributed by atoms with Crippen LogP contribution >= 0.6 is 0 Å². The zero-order valence-electron chi connectivity index (χ0n) is 20.8. The lowest BCUT2D eigenvalue weighted by Crippen LogP contribution is -2.53. The van der Waals surface area contributed by atoms with Gasteiger partial charge in [-0.05, 0) is 24.7 Å². The minimum absolute atomic E-state index is 0.142. The quantitative estimate of drug-likeness (QED) is 0.414. The molecule has 3 atom stereocenters. The Bertz CT molecular complexity index is 1110. The van der Waals surface area contributed by atoms with Gasteiger partial charge >= 0.3 is 5.97 Å². The van der Waals surface area contributed by atoms with Gasteiger partial charge in [0.1, 0.15) is 23.5 Å². The van der Waals surface area contributed by atoms with Gasteiger partial charge in [0.05, 0.1) is 12.1 Å². The maximum atomic E-state index is 14.1. The molecular weight excluding hydrogens is 456 g/mol. The van der Waals surface area contributed by atoms with Crippen LogP contribution in [0.5, 0.6) is 0 Å². The summed E-state index contributed by atoms with van der Waals surface area (Å²) in [4.78, 5) is 55.7. The van der Waals surface area contributed by atoms with Crippen molar-refractivity contribution in [3.63, 3.8) is 0 Å². The van der Waals surface area contributed by atoms with Crippen LogP contribution in [0.4, 0.5) is 0 Å². The van der Waals surface area contributed by atoms with Crippen molar-refractivity contribution in [2.75, 3.05) is 0 Å². The number of aromatic nitrogens is 4. The van der Waals surface area contributed by atoms with Crippen LogP contribution in [0, 0.1) is 23.7 Å². The molecule has 192 valence electrons. The number of Topliss-reactive ketones (excluding diaryl/α,β-unsaturated/α-hetero) is 2. The second kappa shape index (κ2) is 10.6. The van der Waals surface area contributed by atoms with Crippen LogP contribution in [0.3, 0.4) is 0 Å². The molecule has 3 aliphatic carbocycles. The summed E-state index contributed by atoms with van der Waals surface area (Å²) >= 11 is 0. The zero-order chi connectivity index (χ0) is 25.1. The standard InChI is InChI=1S/C28H36N4O4/c33-23-15-28(14-19-9-5-2-6-10-19,27-31-22-16-29-17-30-26(22)32-27)21(13-18-7-3-1-4-8-18)25(36)20(23)11-12-24(34)35/h11-12,16-21H,1-10,13-15H2,(H,34,35)(H,29,30,31,32). The number of allylic oxidation sites excluding steroid dienone is 1. The summed E-state index contributed by atoms with van der Waals surface area (Å²) in [5.41, 5.74) is 0.522. The highest BCUT2D eigenvalue weighted by Gasteiger charge is 2.55. The first kappa shape index (κ1) is 24.8. The van der Waals surface area contributed by atoms with E-state index in [9.17, 15) is 19.5 Å². The number of ketones is 2. The van der Waals surface area contributed by atoms with Gasteiger partial charge < -0.3 is 10.1 Å². The Morgan fingerprint density at radius 2 is 1.75 bits per heavy atom. The van der Waals surface area contributed by atoms with Crippen molar-refractivity contribution in [3.8, 4) is 0 Å². The average molecular weight is 493 g/mol. The summed E-state index contributed by atoms with van der Waals surface area (Å²) in [6, 6.07) is 0. The molecule has 0 bridgehead atoms. The lowest BCUT2D eigenvalue weighted by molar-refractivity contribution is -0.142. The van der Waals surface area contributed by atoms with Gasteiger partial charge in [-0.3, -0.25) is 9.59 Å². The molecule has 3 aliphatic rings. The van der Waals surface area contributed by atoms with E-state index in [4.69, 9.17) is 4.98 Å². The number of nitrogens with zero attached hydrogens (tertiary/aromatic N) is 3. The van der Waals surface area contributed by atoms with Crippen LogP contribution in [-0.2, 0) is 19.8 Å². The highest BCUT2D eigenvalue weighted by atomic mass is 16.4. The predicted octanol–water partition coefficient (Wildman–Crippen LogP) is 4.95. The first-order valence-corrected chi connectivity index (χ1v) is 13.6. The fraction of sp³-hybridized carbons (Fsp3) is 0.643. The summed E-state index contributed by atoms with van der Waals surface area (Å²) in [5.74, 6) is -1.36. The van der Waals surface area contributed by atoms with Gasteiger partial charge in [0.15, 0.2) is 11.4 Å². The summed E-state index contributed by atoms with van der Waals surface area (Å²) in [7, 11) is 0. The third-order valence-corrected chi connectivity index (χ3v) is 8.89. The SMILES string of the molecule is O=C(O)C=CC1C(=O)CC(CC2CCCCC2)(c2nc3cncnc3[nH]2)C(CC2CCCCC2)C1=O. The number of rotatable bonds is 7. The summed E-state index contributed by atoms with van der Waals surface area (Å²) < 4.78 is 0. The van der Waals surface area contributed by atoms with E-state index in [2.05, 4.69) is 15.0 Å². The van der Waals surface area contributed by atoms with Crippen LogP contribution in [0.15, 0.2) is 24.7 Å². The first-order valence-electron chi connectivity index (χ1n) is 13.6. The number of fused-ring (bicyclic) bond motifs is 1. The number of nitrogens with one attached hydrogen (secondary N) is 1. The molecule has 3 saturated carbocycles. The monoisotopic (exact) mass is 492 g/mol. The van der Waals surface area contributed by atoms with Crippen LogP contribution in [0.1, 0.15) is 89.3 Å². The fourth-order valence-corrected chi connectivity index (χ4v) is 7.13. The van der Waals surface area contributed by atoms with Crippen LogP contribution in [0.25, 0.3) is 11.2 Å². The van der Waals surface area contributed by atoms with Crippen molar-refractivity contribution >= 4 is 28.7 Å². The van der Waals surface area contributed by atoms with E-state index in [1.54, 1.807) is 6.20 Å². The van der Waals surface area contributed by atoms with Crippen LogP contribution in [0.2, 0.25) is 0 Å². The van der Waals surface area contributed by atoms with Crippen molar-refractivity contribution in [1.82, 2.24) is 19.9 Å². The van der Waals surface area contributed by atoms with Gasteiger partial charge in [0.2, 0.25) is 0 Å². The Morgan fingerprint density at radius 1 is 1.06 bits per heavy atom. The van der Waals surface area contributed by atoms with Crippen molar-refractivity contribution in [2.45, 2.75) is 88.9 Å². The lowest BCUT2D eigenvalue weighted by Gasteiger charge is -2.46. The summed E-state index contributed by atoms with van der Waals surface area (Å²) in [5, 5.41) is 9.18. The van der Waals surface area contributed by atoms with E-state index in [1.165, 1.54) is 50.9 Å².